The Bertz CT molecular complexity index is 650. The van der Waals surface area contributed by atoms with Gasteiger partial charge in [0.15, 0.2) is 5.60 Å². The summed E-state index contributed by atoms with van der Waals surface area (Å²) in [6.07, 6.45) is 0. The van der Waals surface area contributed by atoms with E-state index in [-0.39, 0.29) is 6.61 Å². The molecule has 0 aliphatic heterocycles. The van der Waals surface area contributed by atoms with Crippen molar-refractivity contribution < 1.29 is 15.0 Å². The molecule has 2 aromatic carbocycles. The van der Waals surface area contributed by atoms with Gasteiger partial charge in [0.2, 0.25) is 0 Å². The molecule has 0 aliphatic carbocycles. The maximum Gasteiger partial charge on any atom is 0.258 e. The van der Waals surface area contributed by atoms with Crippen LogP contribution in [0.4, 0.5) is 0 Å². The Kier molecular flexibility index (Phi) is 4.35. The van der Waals surface area contributed by atoms with Crippen LogP contribution in [-0.2, 0) is 15.8 Å². The molecule has 0 aliphatic rings. The van der Waals surface area contributed by atoms with Gasteiger partial charge >= 0.3 is 0 Å². The summed E-state index contributed by atoms with van der Waals surface area (Å²) in [5.74, 6) is -0.826. The molecule has 0 aromatic heterocycles. The molecule has 4 heteroatoms. The minimum atomic E-state index is -1.87. The van der Waals surface area contributed by atoms with Crippen molar-refractivity contribution in [2.75, 3.05) is 6.61 Å². The number of benzene rings is 2. The molecule has 1 amide bonds. The molecule has 22 heavy (non-hydrogen) atoms. The number of nitrogens with two attached hydrogens (primary N) is 1. The molecule has 0 radical (unpaired) electrons. The smallest absolute Gasteiger partial charge is 0.258 e. The molecule has 1 unspecified atom stereocenters. The quantitative estimate of drug-likeness (QED) is 0.785. The van der Waals surface area contributed by atoms with Crippen molar-refractivity contribution in [2.45, 2.75) is 24.9 Å². The fraction of sp³-hybridized carbons (Fsp3) is 0.278. The van der Waals surface area contributed by atoms with Gasteiger partial charge in [-0.1, -0.05) is 68.4 Å². The first-order valence-corrected chi connectivity index (χ1v) is 7.12. The number of amides is 1. The zero-order valence-electron chi connectivity index (χ0n) is 12.8. The van der Waals surface area contributed by atoms with Gasteiger partial charge in [0, 0.05) is 5.41 Å². The van der Waals surface area contributed by atoms with Crippen LogP contribution in [0.25, 0.3) is 0 Å². The summed E-state index contributed by atoms with van der Waals surface area (Å²) < 4.78 is 0. The van der Waals surface area contributed by atoms with Gasteiger partial charge in [0.05, 0.1) is 6.61 Å². The van der Waals surface area contributed by atoms with E-state index in [0.29, 0.717) is 11.1 Å². The lowest BCUT2D eigenvalue weighted by atomic mass is 9.81. The molecule has 0 fully saturated rings. The zero-order valence-corrected chi connectivity index (χ0v) is 12.8. The lowest BCUT2D eigenvalue weighted by molar-refractivity contribution is -0.133. The zero-order chi connectivity index (χ0) is 16.4. The summed E-state index contributed by atoms with van der Waals surface area (Å²) >= 11 is 0. The molecule has 0 saturated carbocycles. The van der Waals surface area contributed by atoms with Gasteiger partial charge in [-0.15, -0.1) is 0 Å². The van der Waals surface area contributed by atoms with E-state index in [0.717, 1.165) is 5.56 Å². The van der Waals surface area contributed by atoms with Crippen LogP contribution >= 0.6 is 0 Å². The first kappa shape index (κ1) is 16.2. The van der Waals surface area contributed by atoms with Crippen LogP contribution in [0, 0.1) is 0 Å². The Morgan fingerprint density at radius 2 is 1.41 bits per heavy atom. The van der Waals surface area contributed by atoms with Crippen molar-refractivity contribution in [1.29, 1.82) is 0 Å². The summed E-state index contributed by atoms with van der Waals surface area (Å²) in [4.78, 5) is 11.9. The number of carbonyl (C=O) groups excluding carboxylic acids is 1. The second-order valence-electron chi connectivity index (χ2n) is 6.06. The van der Waals surface area contributed by atoms with Crippen molar-refractivity contribution in [2.24, 2.45) is 5.73 Å². The molecule has 0 spiro atoms. The lowest BCUT2D eigenvalue weighted by Crippen LogP contribution is -2.42. The SMILES string of the molecule is CC(C)(CO)c1ccc(C(O)(C(N)=O)c2ccccc2)cc1. The highest BCUT2D eigenvalue weighted by atomic mass is 16.3. The molecular weight excluding hydrogens is 278 g/mol. The summed E-state index contributed by atoms with van der Waals surface area (Å²) in [6.45, 7) is 3.84. The molecule has 2 aromatic rings. The molecule has 1 atom stereocenters. The van der Waals surface area contributed by atoms with E-state index in [4.69, 9.17) is 5.73 Å². The number of hydrogen-bond acceptors (Lipinski definition) is 3. The highest BCUT2D eigenvalue weighted by Crippen LogP contribution is 2.31. The van der Waals surface area contributed by atoms with Crippen LogP contribution in [0.3, 0.4) is 0 Å². The van der Waals surface area contributed by atoms with Crippen molar-refractivity contribution >= 4 is 5.91 Å². The van der Waals surface area contributed by atoms with E-state index in [1.165, 1.54) is 0 Å². The normalized spacial score (nSPS) is 14.4. The average Bonchev–Trinajstić information content (AvgIpc) is 2.54. The predicted molar refractivity (Wildman–Crippen MR) is 85.2 cm³/mol. The predicted octanol–water partition coefficient (Wildman–Crippen LogP) is 1.68. The third-order valence-electron chi connectivity index (χ3n) is 4.03. The van der Waals surface area contributed by atoms with E-state index in [1.54, 1.807) is 54.6 Å². The molecule has 2 rings (SSSR count). The third-order valence-corrected chi connectivity index (χ3v) is 4.03. The van der Waals surface area contributed by atoms with Gasteiger partial charge in [0.1, 0.15) is 0 Å². The van der Waals surface area contributed by atoms with Crippen molar-refractivity contribution in [1.82, 2.24) is 0 Å². The maximum absolute atomic E-state index is 11.9. The standard InChI is InChI=1S/C18H21NO3/c1-17(2,12-20)13-8-10-15(11-9-13)18(22,16(19)21)14-6-4-3-5-7-14/h3-11,20,22H,12H2,1-2H3,(H2,19,21). The van der Waals surface area contributed by atoms with Gasteiger partial charge in [-0.05, 0) is 16.7 Å². The van der Waals surface area contributed by atoms with E-state index >= 15 is 0 Å². The second kappa shape index (κ2) is 5.91. The molecular formula is C18H21NO3. The molecule has 116 valence electrons. The summed E-state index contributed by atoms with van der Waals surface area (Å²) in [6, 6.07) is 15.5. The minimum absolute atomic E-state index is 0.00508. The van der Waals surface area contributed by atoms with Crippen LogP contribution in [0.2, 0.25) is 0 Å². The molecule has 0 saturated heterocycles. The Hall–Kier alpha value is -2.17. The first-order chi connectivity index (χ1) is 10.3. The highest BCUT2D eigenvalue weighted by Gasteiger charge is 2.38. The maximum atomic E-state index is 11.9. The molecule has 4 nitrogen and oxygen atoms in total. The van der Waals surface area contributed by atoms with E-state index in [2.05, 4.69) is 0 Å². The van der Waals surface area contributed by atoms with Gasteiger partial charge in [0.25, 0.3) is 5.91 Å². The van der Waals surface area contributed by atoms with Crippen LogP contribution < -0.4 is 5.73 Å². The molecule has 0 bridgehead atoms. The minimum Gasteiger partial charge on any atom is -0.395 e. The lowest BCUT2D eigenvalue weighted by Gasteiger charge is -2.27. The van der Waals surface area contributed by atoms with Crippen molar-refractivity contribution in [3.05, 3.63) is 71.3 Å². The number of primary amides is 1. The summed E-state index contributed by atoms with van der Waals surface area (Å²) in [5, 5.41) is 20.3. The van der Waals surface area contributed by atoms with Gasteiger partial charge < -0.3 is 15.9 Å². The molecule has 4 N–H and O–H groups in total. The Morgan fingerprint density at radius 1 is 0.955 bits per heavy atom. The first-order valence-electron chi connectivity index (χ1n) is 7.12. The van der Waals surface area contributed by atoms with E-state index in [9.17, 15) is 15.0 Å². The largest absolute Gasteiger partial charge is 0.395 e. The highest BCUT2D eigenvalue weighted by molar-refractivity contribution is 5.88. The Labute approximate surface area is 130 Å². The fourth-order valence-electron chi connectivity index (χ4n) is 2.38. The molecule has 0 heterocycles. The monoisotopic (exact) mass is 299 g/mol. The summed E-state index contributed by atoms with van der Waals surface area (Å²) in [5.41, 5.74) is 4.94. The second-order valence-corrected chi connectivity index (χ2v) is 6.06. The summed E-state index contributed by atoms with van der Waals surface area (Å²) in [7, 11) is 0. The van der Waals surface area contributed by atoms with Crippen molar-refractivity contribution in [3.63, 3.8) is 0 Å². The number of aliphatic hydroxyl groups is 2. The van der Waals surface area contributed by atoms with Crippen molar-refractivity contribution in [3.8, 4) is 0 Å². The topological polar surface area (TPSA) is 83.6 Å². The van der Waals surface area contributed by atoms with Crippen LogP contribution in [0.5, 0.6) is 0 Å². The van der Waals surface area contributed by atoms with Gasteiger partial charge in [-0.3, -0.25) is 4.79 Å². The van der Waals surface area contributed by atoms with Crippen LogP contribution in [-0.4, -0.2) is 22.7 Å². The fourth-order valence-corrected chi connectivity index (χ4v) is 2.38. The average molecular weight is 299 g/mol. The van der Waals surface area contributed by atoms with E-state index < -0.39 is 16.9 Å². The number of aliphatic hydroxyl groups excluding tert-OH is 1. The number of rotatable bonds is 5. The number of hydrogen-bond donors (Lipinski definition) is 3. The Balaban J connectivity index is 2.50. The van der Waals surface area contributed by atoms with Crippen LogP contribution in [0.1, 0.15) is 30.5 Å². The third kappa shape index (κ3) is 2.75. The number of carbonyl (C=O) groups is 1. The Morgan fingerprint density at radius 3 is 1.86 bits per heavy atom. The van der Waals surface area contributed by atoms with Gasteiger partial charge in [-0.2, -0.15) is 0 Å². The van der Waals surface area contributed by atoms with Crippen LogP contribution in [0.15, 0.2) is 54.6 Å². The van der Waals surface area contributed by atoms with E-state index in [1.807, 2.05) is 13.8 Å². The van der Waals surface area contributed by atoms with Gasteiger partial charge in [-0.25, -0.2) is 0 Å².